The molecule has 1 aromatic heterocycles. The lowest BCUT2D eigenvalue weighted by molar-refractivity contribution is -0.0692. The second kappa shape index (κ2) is 4.00. The molecule has 0 spiro atoms. The zero-order valence-electron chi connectivity index (χ0n) is 7.27. The summed E-state index contributed by atoms with van der Waals surface area (Å²) in [7, 11) is 0. The average Bonchev–Trinajstić information content (AvgIpc) is 2.07. The van der Waals surface area contributed by atoms with E-state index in [2.05, 4.69) is 4.98 Å². The minimum atomic E-state index is -4.42. The van der Waals surface area contributed by atoms with E-state index in [-0.39, 0.29) is 10.7 Å². The Morgan fingerprint density at radius 3 is 2.57 bits per heavy atom. The Morgan fingerprint density at radius 2 is 2.14 bits per heavy atom. The number of allylic oxidation sites excluding steroid dienone is 2. The highest BCUT2D eigenvalue weighted by atomic mass is 35.5. The summed E-state index contributed by atoms with van der Waals surface area (Å²) in [4.78, 5) is 3.60. The second-order valence-corrected chi connectivity index (χ2v) is 2.94. The Morgan fingerprint density at radius 1 is 1.50 bits per heavy atom. The molecule has 76 valence electrons. The number of nitrogens with zero attached hydrogens (tertiary/aromatic N) is 1. The quantitative estimate of drug-likeness (QED) is 0.705. The molecular formula is C9H7ClF3N. The molecule has 0 amide bonds. The Hall–Kier alpha value is -1.03. The monoisotopic (exact) mass is 221 g/mol. The van der Waals surface area contributed by atoms with Gasteiger partial charge in [-0.3, -0.25) is 4.98 Å². The smallest absolute Gasteiger partial charge is 0.255 e. The summed E-state index contributed by atoms with van der Waals surface area (Å²) in [6.07, 6.45) is -2.20. The van der Waals surface area contributed by atoms with Gasteiger partial charge < -0.3 is 0 Å². The van der Waals surface area contributed by atoms with Crippen molar-refractivity contribution in [2.75, 3.05) is 0 Å². The van der Waals surface area contributed by atoms with Gasteiger partial charge >= 0.3 is 6.18 Å². The summed E-state index contributed by atoms with van der Waals surface area (Å²) >= 11 is 5.60. The summed E-state index contributed by atoms with van der Waals surface area (Å²) in [6.45, 7) is 1.30. The van der Waals surface area contributed by atoms with Crippen molar-refractivity contribution in [3.63, 3.8) is 0 Å². The number of alkyl halides is 3. The summed E-state index contributed by atoms with van der Waals surface area (Å²) in [5.41, 5.74) is -1.05. The van der Waals surface area contributed by atoms with E-state index in [0.29, 0.717) is 0 Å². The Kier molecular flexibility index (Phi) is 3.16. The molecule has 0 unspecified atom stereocenters. The summed E-state index contributed by atoms with van der Waals surface area (Å²) in [5, 5.41) is -0.00192. The lowest BCUT2D eigenvalue weighted by atomic mass is 10.1. The van der Waals surface area contributed by atoms with E-state index in [1.807, 2.05) is 0 Å². The summed E-state index contributed by atoms with van der Waals surface area (Å²) in [6, 6.07) is 2.86. The van der Waals surface area contributed by atoms with Crippen LogP contribution in [0.4, 0.5) is 13.2 Å². The topological polar surface area (TPSA) is 12.9 Å². The van der Waals surface area contributed by atoms with Crippen LogP contribution in [0, 0.1) is 0 Å². The number of aromatic nitrogens is 1. The second-order valence-electron chi connectivity index (χ2n) is 2.53. The van der Waals surface area contributed by atoms with E-state index in [0.717, 1.165) is 6.08 Å². The van der Waals surface area contributed by atoms with E-state index in [9.17, 15) is 13.2 Å². The van der Waals surface area contributed by atoms with E-state index >= 15 is 0 Å². The molecule has 0 bridgehead atoms. The van der Waals surface area contributed by atoms with Crippen LogP contribution in [0.5, 0.6) is 0 Å². The molecule has 14 heavy (non-hydrogen) atoms. The maximum atomic E-state index is 12.4. The predicted octanol–water partition coefficient (Wildman–Crippen LogP) is 3.70. The van der Waals surface area contributed by atoms with Crippen LogP contribution in [0.1, 0.15) is 12.6 Å². The molecule has 1 heterocycles. The molecule has 1 aromatic rings. The van der Waals surface area contributed by atoms with Crippen LogP contribution in [0.2, 0.25) is 5.02 Å². The fourth-order valence-electron chi connectivity index (χ4n) is 1.02. The first-order chi connectivity index (χ1) is 6.46. The van der Waals surface area contributed by atoms with Crippen LogP contribution in [-0.2, 0) is 0 Å². The van der Waals surface area contributed by atoms with Crippen molar-refractivity contribution in [2.24, 2.45) is 0 Å². The molecule has 0 radical (unpaired) electrons. The molecule has 0 atom stereocenters. The van der Waals surface area contributed by atoms with E-state index in [1.54, 1.807) is 0 Å². The first kappa shape index (κ1) is 11.0. The van der Waals surface area contributed by atoms with Gasteiger partial charge in [0.25, 0.3) is 0 Å². The third kappa shape index (κ3) is 2.26. The lowest BCUT2D eigenvalue weighted by Gasteiger charge is -2.11. The van der Waals surface area contributed by atoms with Crippen molar-refractivity contribution in [1.29, 1.82) is 0 Å². The minimum absolute atomic E-state index is 0.00192. The van der Waals surface area contributed by atoms with Crippen molar-refractivity contribution in [3.05, 3.63) is 35.1 Å². The number of hydrogen-bond acceptors (Lipinski definition) is 1. The van der Waals surface area contributed by atoms with Gasteiger partial charge in [-0.2, -0.15) is 13.2 Å². The fourth-order valence-corrected chi connectivity index (χ4v) is 1.24. The maximum Gasteiger partial charge on any atom is 0.418 e. The van der Waals surface area contributed by atoms with Gasteiger partial charge in [0.2, 0.25) is 0 Å². The standard InChI is InChI=1S/C9H7ClF3N/c1-2-6(9(11,12)13)8-7(10)4-3-5-14-8/h2-5H,1H3/b6-2-. The summed E-state index contributed by atoms with van der Waals surface area (Å²) < 4.78 is 37.3. The van der Waals surface area contributed by atoms with Crippen LogP contribution in [0.25, 0.3) is 5.57 Å². The number of hydrogen-bond donors (Lipinski definition) is 0. The highest BCUT2D eigenvalue weighted by molar-refractivity contribution is 6.32. The summed E-state index contributed by atoms with van der Waals surface area (Å²) in [5.74, 6) is 0. The first-order valence-electron chi connectivity index (χ1n) is 3.81. The fraction of sp³-hybridized carbons (Fsp3) is 0.222. The highest BCUT2D eigenvalue weighted by Gasteiger charge is 2.35. The van der Waals surface area contributed by atoms with Gasteiger partial charge in [0.1, 0.15) is 0 Å². The van der Waals surface area contributed by atoms with Gasteiger partial charge in [-0.25, -0.2) is 0 Å². The molecule has 0 saturated heterocycles. The number of rotatable bonds is 1. The van der Waals surface area contributed by atoms with Crippen LogP contribution >= 0.6 is 11.6 Å². The van der Waals surface area contributed by atoms with Crippen LogP contribution in [0.15, 0.2) is 24.4 Å². The molecule has 0 aromatic carbocycles. The molecule has 0 aliphatic carbocycles. The Bertz CT molecular complexity index is 357. The SMILES string of the molecule is C/C=C(/c1ncccc1Cl)C(F)(F)F. The van der Waals surface area contributed by atoms with Crippen molar-refractivity contribution in [3.8, 4) is 0 Å². The van der Waals surface area contributed by atoms with E-state index < -0.39 is 11.7 Å². The largest absolute Gasteiger partial charge is 0.418 e. The van der Waals surface area contributed by atoms with Crippen molar-refractivity contribution in [2.45, 2.75) is 13.1 Å². The number of halogens is 4. The first-order valence-corrected chi connectivity index (χ1v) is 4.19. The van der Waals surface area contributed by atoms with Gasteiger partial charge in [0.15, 0.2) is 0 Å². The van der Waals surface area contributed by atoms with Gasteiger partial charge in [-0.1, -0.05) is 17.7 Å². The average molecular weight is 222 g/mol. The molecule has 1 nitrogen and oxygen atoms in total. The third-order valence-corrected chi connectivity index (χ3v) is 1.91. The Balaban J connectivity index is 3.23. The van der Waals surface area contributed by atoms with Crippen molar-refractivity contribution < 1.29 is 13.2 Å². The maximum absolute atomic E-state index is 12.4. The highest BCUT2D eigenvalue weighted by Crippen LogP contribution is 2.35. The van der Waals surface area contributed by atoms with Gasteiger partial charge in [-0.15, -0.1) is 0 Å². The molecule has 0 aliphatic heterocycles. The molecule has 5 heteroatoms. The third-order valence-electron chi connectivity index (χ3n) is 1.61. The van der Waals surface area contributed by atoms with Crippen molar-refractivity contribution in [1.82, 2.24) is 4.98 Å². The van der Waals surface area contributed by atoms with Gasteiger partial charge in [-0.05, 0) is 19.1 Å². The zero-order valence-corrected chi connectivity index (χ0v) is 8.02. The van der Waals surface area contributed by atoms with Crippen LogP contribution in [-0.4, -0.2) is 11.2 Å². The number of pyridine rings is 1. The predicted molar refractivity (Wildman–Crippen MR) is 49.0 cm³/mol. The normalized spacial score (nSPS) is 13.1. The van der Waals surface area contributed by atoms with Crippen LogP contribution in [0.3, 0.4) is 0 Å². The molecule has 0 saturated carbocycles. The molecular weight excluding hydrogens is 215 g/mol. The van der Waals surface area contributed by atoms with E-state index in [1.165, 1.54) is 25.3 Å². The molecule has 0 N–H and O–H groups in total. The molecule has 0 aliphatic rings. The van der Waals surface area contributed by atoms with Crippen molar-refractivity contribution >= 4 is 17.2 Å². The lowest BCUT2D eigenvalue weighted by Crippen LogP contribution is -2.11. The molecule has 1 rings (SSSR count). The van der Waals surface area contributed by atoms with E-state index in [4.69, 9.17) is 11.6 Å². The Labute approximate surface area is 84.2 Å². The van der Waals surface area contributed by atoms with Gasteiger partial charge in [0.05, 0.1) is 16.3 Å². The molecule has 0 fully saturated rings. The van der Waals surface area contributed by atoms with Gasteiger partial charge in [0, 0.05) is 6.20 Å². The minimum Gasteiger partial charge on any atom is -0.255 e. The van der Waals surface area contributed by atoms with Crippen LogP contribution < -0.4 is 0 Å². The zero-order chi connectivity index (χ0) is 10.8.